The molecule has 2 fully saturated rings. The Bertz CT molecular complexity index is 436. The molecule has 2 aliphatic rings. The predicted octanol–water partition coefficient (Wildman–Crippen LogP) is 1.67. The van der Waals surface area contributed by atoms with Crippen LogP contribution < -0.4 is 11.3 Å². The van der Waals surface area contributed by atoms with Gasteiger partial charge in [0.25, 0.3) is 0 Å². The lowest BCUT2D eigenvalue weighted by molar-refractivity contribution is 0.148. The zero-order chi connectivity index (χ0) is 14.5. The van der Waals surface area contributed by atoms with Gasteiger partial charge in [-0.2, -0.15) is 0 Å². The molecule has 3 rings (SSSR count). The first kappa shape index (κ1) is 14.8. The number of aromatic nitrogens is 1. The fourth-order valence-corrected chi connectivity index (χ4v) is 3.53. The number of nitrogens with zero attached hydrogens (tertiary/aromatic N) is 3. The van der Waals surface area contributed by atoms with E-state index in [0.717, 1.165) is 24.0 Å². The summed E-state index contributed by atoms with van der Waals surface area (Å²) in [6.07, 6.45) is 5.45. The van der Waals surface area contributed by atoms with E-state index in [4.69, 9.17) is 5.84 Å². The summed E-state index contributed by atoms with van der Waals surface area (Å²) in [5.74, 6) is 7.06. The van der Waals surface area contributed by atoms with Crippen LogP contribution in [0.1, 0.15) is 31.4 Å². The molecule has 0 amide bonds. The average Bonchev–Trinajstić information content (AvgIpc) is 3.02. The summed E-state index contributed by atoms with van der Waals surface area (Å²) >= 11 is 0. The third-order valence-electron chi connectivity index (χ3n) is 4.76. The second kappa shape index (κ2) is 7.20. The van der Waals surface area contributed by atoms with E-state index in [9.17, 15) is 0 Å². The minimum Gasteiger partial charge on any atom is -0.308 e. The second-order valence-corrected chi connectivity index (χ2v) is 6.39. The third kappa shape index (κ3) is 4.15. The molecule has 0 saturated carbocycles. The first-order chi connectivity index (χ1) is 10.3. The molecule has 0 atom stereocenters. The molecule has 0 radical (unpaired) electrons. The first-order valence-corrected chi connectivity index (χ1v) is 8.21. The van der Waals surface area contributed by atoms with Crippen LogP contribution in [0.25, 0.3) is 0 Å². The lowest BCUT2D eigenvalue weighted by atomic mass is 9.96. The number of hydrogen-bond donors (Lipinski definition) is 2. The quantitative estimate of drug-likeness (QED) is 0.638. The van der Waals surface area contributed by atoms with E-state index < -0.39 is 0 Å². The molecule has 5 nitrogen and oxygen atoms in total. The van der Waals surface area contributed by atoms with Gasteiger partial charge in [0.05, 0.1) is 5.69 Å². The number of piperidine rings is 1. The summed E-state index contributed by atoms with van der Waals surface area (Å²) in [5.41, 5.74) is 3.72. The minimum absolute atomic E-state index is 0.747. The van der Waals surface area contributed by atoms with Gasteiger partial charge < -0.3 is 10.3 Å². The van der Waals surface area contributed by atoms with Crippen molar-refractivity contribution >= 4 is 5.82 Å². The van der Waals surface area contributed by atoms with Gasteiger partial charge in [-0.25, -0.2) is 10.8 Å². The highest BCUT2D eigenvalue weighted by Crippen LogP contribution is 2.21. The van der Waals surface area contributed by atoms with Gasteiger partial charge in [0.1, 0.15) is 5.82 Å². The van der Waals surface area contributed by atoms with Crippen LogP contribution in [-0.2, 0) is 6.54 Å². The largest absolute Gasteiger partial charge is 0.308 e. The third-order valence-corrected chi connectivity index (χ3v) is 4.76. The lowest BCUT2D eigenvalue weighted by Crippen LogP contribution is -2.37. The zero-order valence-electron chi connectivity index (χ0n) is 12.8. The maximum atomic E-state index is 5.42. The van der Waals surface area contributed by atoms with E-state index in [1.165, 1.54) is 58.4 Å². The van der Waals surface area contributed by atoms with Gasteiger partial charge >= 0.3 is 0 Å². The summed E-state index contributed by atoms with van der Waals surface area (Å²) in [6, 6.07) is 5.99. The van der Waals surface area contributed by atoms with Crippen molar-refractivity contribution in [3.8, 4) is 0 Å². The summed E-state index contributed by atoms with van der Waals surface area (Å²) in [4.78, 5) is 9.67. The van der Waals surface area contributed by atoms with E-state index in [1.54, 1.807) is 0 Å². The topological polar surface area (TPSA) is 57.4 Å². The van der Waals surface area contributed by atoms with Gasteiger partial charge in [0, 0.05) is 13.1 Å². The van der Waals surface area contributed by atoms with Crippen molar-refractivity contribution in [1.29, 1.82) is 0 Å². The molecule has 2 aliphatic heterocycles. The molecule has 5 heteroatoms. The van der Waals surface area contributed by atoms with E-state index in [1.807, 2.05) is 12.1 Å². The Morgan fingerprint density at radius 2 is 1.86 bits per heavy atom. The number of rotatable bonds is 5. The molecular formula is C16H27N5. The molecule has 3 N–H and O–H groups in total. The Morgan fingerprint density at radius 1 is 1.10 bits per heavy atom. The van der Waals surface area contributed by atoms with Crippen LogP contribution in [-0.4, -0.2) is 47.5 Å². The Kier molecular flexibility index (Phi) is 5.06. The van der Waals surface area contributed by atoms with E-state index >= 15 is 0 Å². The maximum absolute atomic E-state index is 5.42. The van der Waals surface area contributed by atoms with Crippen molar-refractivity contribution in [2.24, 2.45) is 11.8 Å². The van der Waals surface area contributed by atoms with Crippen LogP contribution in [0.15, 0.2) is 18.2 Å². The SMILES string of the molecule is NNc1cccc(CN2CCC(CN3CCCC3)CC2)n1. The fraction of sp³-hybridized carbons (Fsp3) is 0.688. The Morgan fingerprint density at radius 3 is 2.57 bits per heavy atom. The number of hydrogen-bond acceptors (Lipinski definition) is 5. The molecule has 0 aromatic carbocycles. The molecule has 3 heterocycles. The summed E-state index contributed by atoms with van der Waals surface area (Å²) in [6.45, 7) is 7.29. The minimum atomic E-state index is 0.747. The van der Waals surface area contributed by atoms with Gasteiger partial charge in [0.2, 0.25) is 0 Å². The number of nitrogen functional groups attached to an aromatic ring is 1. The maximum Gasteiger partial charge on any atom is 0.140 e. The molecule has 1 aromatic rings. The van der Waals surface area contributed by atoms with Crippen molar-refractivity contribution in [3.05, 3.63) is 23.9 Å². The average molecular weight is 289 g/mol. The van der Waals surface area contributed by atoms with E-state index in [2.05, 4.69) is 26.3 Å². The normalized spacial score (nSPS) is 21.8. The van der Waals surface area contributed by atoms with Gasteiger partial charge in [-0.1, -0.05) is 6.07 Å². The fourth-order valence-electron chi connectivity index (χ4n) is 3.53. The molecule has 21 heavy (non-hydrogen) atoms. The van der Waals surface area contributed by atoms with Crippen LogP contribution in [0, 0.1) is 5.92 Å². The molecular weight excluding hydrogens is 262 g/mol. The number of hydrazine groups is 1. The van der Waals surface area contributed by atoms with Crippen LogP contribution in [0.5, 0.6) is 0 Å². The Labute approximate surface area is 127 Å². The molecule has 1 aromatic heterocycles. The monoisotopic (exact) mass is 289 g/mol. The van der Waals surface area contributed by atoms with Crippen molar-refractivity contribution in [2.75, 3.05) is 38.1 Å². The molecule has 2 saturated heterocycles. The molecule has 0 unspecified atom stereocenters. The van der Waals surface area contributed by atoms with Crippen molar-refractivity contribution in [2.45, 2.75) is 32.2 Å². The highest BCUT2D eigenvalue weighted by atomic mass is 15.3. The van der Waals surface area contributed by atoms with Crippen molar-refractivity contribution in [1.82, 2.24) is 14.8 Å². The first-order valence-electron chi connectivity index (χ1n) is 8.21. The van der Waals surface area contributed by atoms with Crippen LogP contribution in [0.2, 0.25) is 0 Å². The molecule has 0 spiro atoms. The Balaban J connectivity index is 1.44. The van der Waals surface area contributed by atoms with Gasteiger partial charge in [-0.05, 0) is 69.9 Å². The van der Waals surface area contributed by atoms with Crippen LogP contribution >= 0.6 is 0 Å². The number of nitrogens with two attached hydrogens (primary N) is 1. The number of nitrogens with one attached hydrogen (secondary N) is 1. The number of likely N-dealkylation sites (tertiary alicyclic amines) is 2. The Hall–Kier alpha value is -1.17. The zero-order valence-corrected chi connectivity index (χ0v) is 12.8. The van der Waals surface area contributed by atoms with Gasteiger partial charge in [0.15, 0.2) is 0 Å². The van der Waals surface area contributed by atoms with Crippen molar-refractivity contribution < 1.29 is 0 Å². The van der Waals surface area contributed by atoms with E-state index in [0.29, 0.717) is 0 Å². The smallest absolute Gasteiger partial charge is 0.140 e. The van der Waals surface area contributed by atoms with E-state index in [-0.39, 0.29) is 0 Å². The van der Waals surface area contributed by atoms with Crippen LogP contribution in [0.4, 0.5) is 5.82 Å². The number of pyridine rings is 1. The van der Waals surface area contributed by atoms with Gasteiger partial charge in [-0.15, -0.1) is 0 Å². The summed E-state index contributed by atoms with van der Waals surface area (Å²) < 4.78 is 0. The predicted molar refractivity (Wildman–Crippen MR) is 85.7 cm³/mol. The highest BCUT2D eigenvalue weighted by molar-refractivity contribution is 5.33. The van der Waals surface area contributed by atoms with Gasteiger partial charge in [-0.3, -0.25) is 4.90 Å². The second-order valence-electron chi connectivity index (χ2n) is 6.39. The number of anilines is 1. The van der Waals surface area contributed by atoms with Crippen molar-refractivity contribution in [3.63, 3.8) is 0 Å². The lowest BCUT2D eigenvalue weighted by Gasteiger charge is -2.33. The standard InChI is InChI=1S/C16H27N5/c17-19-16-5-3-4-15(18-16)13-21-10-6-14(7-11-21)12-20-8-1-2-9-20/h3-5,14H,1-2,6-13,17H2,(H,18,19). The summed E-state index contributed by atoms with van der Waals surface area (Å²) in [7, 11) is 0. The molecule has 116 valence electrons. The summed E-state index contributed by atoms with van der Waals surface area (Å²) in [5, 5.41) is 0. The molecule has 0 bridgehead atoms. The van der Waals surface area contributed by atoms with Crippen LogP contribution in [0.3, 0.4) is 0 Å². The highest BCUT2D eigenvalue weighted by Gasteiger charge is 2.22. The molecule has 0 aliphatic carbocycles.